The van der Waals surface area contributed by atoms with Crippen LogP contribution in [0.1, 0.15) is 25.8 Å². The maximum atomic E-state index is 5.22. The summed E-state index contributed by atoms with van der Waals surface area (Å²) in [6.45, 7) is 8.70. The Kier molecular flexibility index (Phi) is 5.86. The number of anilines is 1. The molecular weight excluding hydrogens is 248 g/mol. The number of rotatable bonds is 7. The van der Waals surface area contributed by atoms with Gasteiger partial charge in [-0.2, -0.15) is 0 Å². The van der Waals surface area contributed by atoms with Crippen molar-refractivity contribution in [1.29, 1.82) is 0 Å². The van der Waals surface area contributed by atoms with Crippen LogP contribution in [-0.4, -0.2) is 39.4 Å². The van der Waals surface area contributed by atoms with E-state index in [0.29, 0.717) is 6.04 Å². The molecule has 1 fully saturated rings. The molecule has 0 radical (unpaired) electrons. The molecule has 1 aliphatic heterocycles. The lowest BCUT2D eigenvalue weighted by molar-refractivity contribution is 0.202. The van der Waals surface area contributed by atoms with E-state index in [0.717, 1.165) is 25.5 Å². The number of ether oxygens (including phenoxy) is 1. The standard InChI is InChI=1S/C17H28N2O/c1-14(2)18-12-15-8-10-19(13-15)17-7-5-4-6-16(17)9-11-20-3/h4-7,14-15,18H,8-13H2,1-3H3. The molecule has 2 rings (SSSR count). The predicted molar refractivity (Wildman–Crippen MR) is 85.5 cm³/mol. The number of hydrogen-bond acceptors (Lipinski definition) is 3. The Bertz CT molecular complexity index is 406. The summed E-state index contributed by atoms with van der Waals surface area (Å²) in [4.78, 5) is 2.54. The Morgan fingerprint density at radius 1 is 1.35 bits per heavy atom. The summed E-state index contributed by atoms with van der Waals surface area (Å²) in [7, 11) is 1.77. The minimum atomic E-state index is 0.582. The molecule has 0 saturated carbocycles. The summed E-state index contributed by atoms with van der Waals surface area (Å²) in [6.07, 6.45) is 2.29. The molecule has 1 aliphatic rings. The molecule has 1 aromatic rings. The third kappa shape index (κ3) is 4.22. The summed E-state index contributed by atoms with van der Waals surface area (Å²) in [5.41, 5.74) is 2.81. The fraction of sp³-hybridized carbons (Fsp3) is 0.647. The van der Waals surface area contributed by atoms with Crippen molar-refractivity contribution in [3.8, 4) is 0 Å². The van der Waals surface area contributed by atoms with Gasteiger partial charge in [0, 0.05) is 31.9 Å². The van der Waals surface area contributed by atoms with Gasteiger partial charge in [0.25, 0.3) is 0 Å². The van der Waals surface area contributed by atoms with Gasteiger partial charge in [-0.25, -0.2) is 0 Å². The van der Waals surface area contributed by atoms with Crippen molar-refractivity contribution in [2.24, 2.45) is 5.92 Å². The van der Waals surface area contributed by atoms with Crippen molar-refractivity contribution in [1.82, 2.24) is 5.32 Å². The van der Waals surface area contributed by atoms with Crippen LogP contribution in [0, 0.1) is 5.92 Å². The molecule has 0 amide bonds. The maximum Gasteiger partial charge on any atom is 0.0503 e. The molecule has 0 aromatic heterocycles. The van der Waals surface area contributed by atoms with Crippen LogP contribution in [0.5, 0.6) is 0 Å². The van der Waals surface area contributed by atoms with Crippen molar-refractivity contribution in [3.63, 3.8) is 0 Å². The second-order valence-corrected chi connectivity index (χ2v) is 6.04. The van der Waals surface area contributed by atoms with Gasteiger partial charge in [0.1, 0.15) is 0 Å². The Balaban J connectivity index is 1.95. The molecule has 3 nitrogen and oxygen atoms in total. The summed E-state index contributed by atoms with van der Waals surface area (Å²) < 4.78 is 5.22. The first-order chi connectivity index (χ1) is 9.70. The van der Waals surface area contributed by atoms with Gasteiger partial charge in [0.05, 0.1) is 6.61 Å². The van der Waals surface area contributed by atoms with Gasteiger partial charge < -0.3 is 15.0 Å². The van der Waals surface area contributed by atoms with E-state index in [-0.39, 0.29) is 0 Å². The number of methoxy groups -OCH3 is 1. The Labute approximate surface area is 123 Å². The van der Waals surface area contributed by atoms with Gasteiger partial charge in [-0.15, -0.1) is 0 Å². The highest BCUT2D eigenvalue weighted by Gasteiger charge is 2.23. The number of benzene rings is 1. The lowest BCUT2D eigenvalue weighted by atomic mass is 10.1. The van der Waals surface area contributed by atoms with Crippen molar-refractivity contribution < 1.29 is 4.74 Å². The van der Waals surface area contributed by atoms with Crippen LogP contribution in [0.25, 0.3) is 0 Å². The van der Waals surface area contributed by atoms with E-state index in [1.54, 1.807) is 7.11 Å². The first-order valence-corrected chi connectivity index (χ1v) is 7.76. The highest BCUT2D eigenvalue weighted by atomic mass is 16.5. The van der Waals surface area contributed by atoms with Crippen LogP contribution >= 0.6 is 0 Å². The Morgan fingerprint density at radius 3 is 2.90 bits per heavy atom. The number of para-hydroxylation sites is 1. The number of nitrogens with one attached hydrogen (secondary N) is 1. The largest absolute Gasteiger partial charge is 0.384 e. The van der Waals surface area contributed by atoms with E-state index in [1.807, 2.05) is 0 Å². The lowest BCUT2D eigenvalue weighted by Gasteiger charge is -2.22. The SMILES string of the molecule is COCCc1ccccc1N1CCC(CNC(C)C)C1. The molecule has 0 spiro atoms. The molecule has 0 aliphatic carbocycles. The van der Waals surface area contributed by atoms with Crippen LogP contribution in [0.2, 0.25) is 0 Å². The van der Waals surface area contributed by atoms with Crippen molar-refractivity contribution >= 4 is 5.69 Å². The zero-order valence-electron chi connectivity index (χ0n) is 13.1. The molecule has 20 heavy (non-hydrogen) atoms. The van der Waals surface area contributed by atoms with Crippen molar-refractivity contribution in [3.05, 3.63) is 29.8 Å². The fourth-order valence-corrected chi connectivity index (χ4v) is 2.86. The second kappa shape index (κ2) is 7.65. The van der Waals surface area contributed by atoms with Gasteiger partial charge in [0.15, 0.2) is 0 Å². The van der Waals surface area contributed by atoms with Crippen molar-refractivity contribution in [2.75, 3.05) is 38.3 Å². The average Bonchev–Trinajstić information content (AvgIpc) is 2.92. The highest BCUT2D eigenvalue weighted by molar-refractivity contribution is 5.54. The van der Waals surface area contributed by atoms with Gasteiger partial charge in [0.2, 0.25) is 0 Å². The van der Waals surface area contributed by atoms with Gasteiger partial charge >= 0.3 is 0 Å². The normalized spacial score (nSPS) is 19.0. The zero-order valence-corrected chi connectivity index (χ0v) is 13.1. The molecule has 1 N–H and O–H groups in total. The molecule has 1 aromatic carbocycles. The fourth-order valence-electron chi connectivity index (χ4n) is 2.86. The summed E-state index contributed by atoms with van der Waals surface area (Å²) in [6, 6.07) is 9.34. The minimum absolute atomic E-state index is 0.582. The van der Waals surface area contributed by atoms with E-state index in [2.05, 4.69) is 48.3 Å². The molecule has 1 unspecified atom stereocenters. The highest BCUT2D eigenvalue weighted by Crippen LogP contribution is 2.27. The maximum absolute atomic E-state index is 5.22. The summed E-state index contributed by atoms with van der Waals surface area (Å²) >= 11 is 0. The van der Waals surface area contributed by atoms with Crippen molar-refractivity contribution in [2.45, 2.75) is 32.7 Å². The number of nitrogens with zero attached hydrogens (tertiary/aromatic N) is 1. The first-order valence-electron chi connectivity index (χ1n) is 7.76. The zero-order chi connectivity index (χ0) is 14.4. The molecule has 1 saturated heterocycles. The molecular formula is C17H28N2O. The van der Waals surface area contributed by atoms with Gasteiger partial charge in [-0.1, -0.05) is 32.0 Å². The van der Waals surface area contributed by atoms with E-state index < -0.39 is 0 Å². The number of hydrogen-bond donors (Lipinski definition) is 1. The van der Waals surface area contributed by atoms with Gasteiger partial charge in [-0.3, -0.25) is 0 Å². The first kappa shape index (κ1) is 15.3. The minimum Gasteiger partial charge on any atom is -0.384 e. The van der Waals surface area contributed by atoms with E-state index in [1.165, 1.54) is 30.8 Å². The monoisotopic (exact) mass is 276 g/mol. The quantitative estimate of drug-likeness (QED) is 0.828. The smallest absolute Gasteiger partial charge is 0.0503 e. The Hall–Kier alpha value is -1.06. The van der Waals surface area contributed by atoms with E-state index in [9.17, 15) is 0 Å². The molecule has 0 bridgehead atoms. The van der Waals surface area contributed by atoms with Crippen LogP contribution in [0.15, 0.2) is 24.3 Å². The van der Waals surface area contributed by atoms with Crippen LogP contribution in [0.3, 0.4) is 0 Å². The molecule has 3 heteroatoms. The van der Waals surface area contributed by atoms with E-state index >= 15 is 0 Å². The summed E-state index contributed by atoms with van der Waals surface area (Å²) in [5, 5.41) is 3.56. The lowest BCUT2D eigenvalue weighted by Crippen LogP contribution is -2.30. The van der Waals surface area contributed by atoms with Gasteiger partial charge in [-0.05, 0) is 36.9 Å². The molecule has 112 valence electrons. The average molecular weight is 276 g/mol. The summed E-state index contributed by atoms with van der Waals surface area (Å²) in [5.74, 6) is 0.771. The predicted octanol–water partition coefficient (Wildman–Crippen LogP) is 2.70. The van der Waals surface area contributed by atoms with Crippen LogP contribution in [-0.2, 0) is 11.2 Å². The molecule has 1 atom stereocenters. The van der Waals surface area contributed by atoms with E-state index in [4.69, 9.17) is 4.74 Å². The topological polar surface area (TPSA) is 24.5 Å². The third-order valence-electron chi connectivity index (χ3n) is 4.01. The van der Waals surface area contributed by atoms with Crippen LogP contribution in [0.4, 0.5) is 5.69 Å². The molecule has 1 heterocycles. The van der Waals surface area contributed by atoms with Crippen LogP contribution < -0.4 is 10.2 Å². The Morgan fingerprint density at radius 2 is 2.15 bits per heavy atom. The second-order valence-electron chi connectivity index (χ2n) is 6.04. The third-order valence-corrected chi connectivity index (χ3v) is 4.01.